The number of aryl methyl sites for hydroxylation is 2. The van der Waals surface area contributed by atoms with Crippen LogP contribution in [-0.2, 0) is 11.3 Å². The first-order valence-corrected chi connectivity index (χ1v) is 5.98. The molecular formula is C13H13ClN2O2. The van der Waals surface area contributed by atoms with E-state index in [1.807, 2.05) is 24.5 Å². The van der Waals surface area contributed by atoms with Crippen molar-refractivity contribution in [3.8, 4) is 0 Å². The van der Waals surface area contributed by atoms with Crippen LogP contribution >= 0.6 is 11.6 Å². The topological polar surface area (TPSA) is 55.1 Å². The number of benzene rings is 1. The number of imidazole rings is 1. The molecule has 0 aliphatic rings. The summed E-state index contributed by atoms with van der Waals surface area (Å²) in [6.45, 7) is 4.68. The van der Waals surface area contributed by atoms with Gasteiger partial charge in [0.25, 0.3) is 0 Å². The lowest BCUT2D eigenvalue weighted by Gasteiger charge is -2.05. The molecule has 1 aromatic carbocycles. The number of aromatic nitrogens is 2. The van der Waals surface area contributed by atoms with Gasteiger partial charge in [-0.05, 0) is 37.6 Å². The van der Waals surface area contributed by atoms with Gasteiger partial charge in [0, 0.05) is 17.6 Å². The molecule has 1 aromatic heterocycles. The summed E-state index contributed by atoms with van der Waals surface area (Å²) >= 11 is 5.99. The molecule has 0 saturated carbocycles. The SMILES string of the molecule is CCn1c(/C=C/C(=O)O)nc2cc(Cl)cc(C)c21. The number of rotatable bonds is 3. The Morgan fingerprint density at radius 3 is 2.89 bits per heavy atom. The first-order chi connectivity index (χ1) is 8.52. The summed E-state index contributed by atoms with van der Waals surface area (Å²) in [6.07, 6.45) is 2.59. The summed E-state index contributed by atoms with van der Waals surface area (Å²) in [5, 5.41) is 9.30. The van der Waals surface area contributed by atoms with Crippen molar-refractivity contribution in [3.05, 3.63) is 34.6 Å². The van der Waals surface area contributed by atoms with Crippen LogP contribution in [-0.4, -0.2) is 20.6 Å². The molecule has 0 fully saturated rings. The largest absolute Gasteiger partial charge is 0.478 e. The molecule has 0 radical (unpaired) electrons. The molecule has 1 heterocycles. The quantitative estimate of drug-likeness (QED) is 0.867. The fourth-order valence-corrected chi connectivity index (χ4v) is 2.31. The van der Waals surface area contributed by atoms with E-state index in [4.69, 9.17) is 16.7 Å². The molecule has 18 heavy (non-hydrogen) atoms. The zero-order valence-corrected chi connectivity index (χ0v) is 10.9. The van der Waals surface area contributed by atoms with Crippen LogP contribution < -0.4 is 0 Å². The van der Waals surface area contributed by atoms with Crippen LogP contribution in [0.25, 0.3) is 17.1 Å². The number of hydrogen-bond donors (Lipinski definition) is 1. The molecule has 2 aromatic rings. The van der Waals surface area contributed by atoms with Crippen molar-refractivity contribution in [3.63, 3.8) is 0 Å². The standard InChI is InChI=1S/C13H13ClN2O2/c1-3-16-11(4-5-12(17)18)15-10-7-9(14)6-8(2)13(10)16/h4-7H,3H2,1-2H3,(H,17,18)/b5-4+. The van der Waals surface area contributed by atoms with Gasteiger partial charge < -0.3 is 9.67 Å². The number of fused-ring (bicyclic) bond motifs is 1. The molecule has 0 bridgehead atoms. The molecule has 4 nitrogen and oxygen atoms in total. The zero-order valence-electron chi connectivity index (χ0n) is 10.1. The Morgan fingerprint density at radius 1 is 1.56 bits per heavy atom. The normalized spacial score (nSPS) is 11.5. The van der Waals surface area contributed by atoms with E-state index in [1.54, 1.807) is 6.07 Å². The van der Waals surface area contributed by atoms with Crippen LogP contribution in [0.5, 0.6) is 0 Å². The van der Waals surface area contributed by atoms with E-state index in [0.29, 0.717) is 10.8 Å². The lowest BCUT2D eigenvalue weighted by Crippen LogP contribution is -1.99. The number of carboxylic acids is 1. The Labute approximate surface area is 110 Å². The van der Waals surface area contributed by atoms with Gasteiger partial charge in [-0.2, -0.15) is 0 Å². The lowest BCUT2D eigenvalue weighted by atomic mass is 10.2. The van der Waals surface area contributed by atoms with Crippen LogP contribution in [0.1, 0.15) is 18.3 Å². The molecule has 0 spiro atoms. The number of halogens is 1. The van der Waals surface area contributed by atoms with Crippen LogP contribution in [0.2, 0.25) is 5.02 Å². The highest BCUT2D eigenvalue weighted by Gasteiger charge is 2.10. The number of carboxylic acid groups (broad SMARTS) is 1. The van der Waals surface area contributed by atoms with Gasteiger partial charge in [-0.25, -0.2) is 9.78 Å². The second-order valence-electron chi connectivity index (χ2n) is 3.98. The van der Waals surface area contributed by atoms with E-state index in [9.17, 15) is 4.79 Å². The van der Waals surface area contributed by atoms with E-state index < -0.39 is 5.97 Å². The van der Waals surface area contributed by atoms with Crippen molar-refractivity contribution >= 4 is 34.7 Å². The maximum atomic E-state index is 10.6. The third kappa shape index (κ3) is 2.24. The van der Waals surface area contributed by atoms with E-state index in [0.717, 1.165) is 29.2 Å². The number of aliphatic carboxylic acids is 1. The minimum absolute atomic E-state index is 0.625. The number of nitrogens with zero attached hydrogens (tertiary/aromatic N) is 2. The molecule has 0 atom stereocenters. The molecule has 5 heteroatoms. The van der Waals surface area contributed by atoms with Crippen molar-refractivity contribution in [1.29, 1.82) is 0 Å². The van der Waals surface area contributed by atoms with Gasteiger partial charge in [0.05, 0.1) is 11.0 Å². The van der Waals surface area contributed by atoms with Crippen molar-refractivity contribution in [2.24, 2.45) is 0 Å². The van der Waals surface area contributed by atoms with Gasteiger partial charge in [0.1, 0.15) is 5.82 Å². The fraction of sp³-hybridized carbons (Fsp3) is 0.231. The molecule has 0 aliphatic heterocycles. The number of carbonyl (C=O) groups is 1. The first-order valence-electron chi connectivity index (χ1n) is 5.60. The number of hydrogen-bond acceptors (Lipinski definition) is 2. The van der Waals surface area contributed by atoms with Crippen LogP contribution in [0, 0.1) is 6.92 Å². The van der Waals surface area contributed by atoms with Crippen molar-refractivity contribution in [2.75, 3.05) is 0 Å². The molecule has 1 N–H and O–H groups in total. The summed E-state index contributed by atoms with van der Waals surface area (Å²) in [7, 11) is 0. The fourth-order valence-electron chi connectivity index (χ4n) is 2.05. The Hall–Kier alpha value is -1.81. The van der Waals surface area contributed by atoms with E-state index in [1.165, 1.54) is 6.08 Å². The summed E-state index contributed by atoms with van der Waals surface area (Å²) in [4.78, 5) is 15.0. The molecule has 0 saturated heterocycles. The van der Waals surface area contributed by atoms with Gasteiger partial charge in [0.2, 0.25) is 0 Å². The van der Waals surface area contributed by atoms with E-state index >= 15 is 0 Å². The van der Waals surface area contributed by atoms with Gasteiger partial charge in [0.15, 0.2) is 0 Å². The smallest absolute Gasteiger partial charge is 0.328 e. The summed E-state index contributed by atoms with van der Waals surface area (Å²) in [6, 6.07) is 3.66. The average molecular weight is 265 g/mol. The highest BCUT2D eigenvalue weighted by molar-refractivity contribution is 6.31. The molecule has 0 unspecified atom stereocenters. The molecule has 0 amide bonds. The van der Waals surface area contributed by atoms with Gasteiger partial charge in [-0.3, -0.25) is 0 Å². The highest BCUT2D eigenvalue weighted by Crippen LogP contribution is 2.25. The minimum atomic E-state index is -0.987. The summed E-state index contributed by atoms with van der Waals surface area (Å²) < 4.78 is 1.97. The van der Waals surface area contributed by atoms with Crippen molar-refractivity contribution in [1.82, 2.24) is 9.55 Å². The Morgan fingerprint density at radius 2 is 2.28 bits per heavy atom. The molecule has 0 aliphatic carbocycles. The van der Waals surface area contributed by atoms with Crippen molar-refractivity contribution < 1.29 is 9.90 Å². The van der Waals surface area contributed by atoms with Gasteiger partial charge in [-0.1, -0.05) is 11.6 Å². The molecular weight excluding hydrogens is 252 g/mol. The maximum absolute atomic E-state index is 10.6. The second kappa shape index (κ2) is 4.82. The monoisotopic (exact) mass is 264 g/mol. The Balaban J connectivity index is 2.68. The van der Waals surface area contributed by atoms with Crippen molar-refractivity contribution in [2.45, 2.75) is 20.4 Å². The molecule has 2 rings (SSSR count). The van der Waals surface area contributed by atoms with Gasteiger partial charge >= 0.3 is 5.97 Å². The lowest BCUT2D eigenvalue weighted by molar-refractivity contribution is -0.131. The Bertz CT molecular complexity index is 644. The third-order valence-electron chi connectivity index (χ3n) is 2.72. The molecule has 94 valence electrons. The minimum Gasteiger partial charge on any atom is -0.478 e. The summed E-state index contributed by atoms with van der Waals surface area (Å²) in [5.41, 5.74) is 2.81. The second-order valence-corrected chi connectivity index (χ2v) is 4.41. The predicted octanol–water partition coefficient (Wildman–Crippen LogP) is 3.12. The average Bonchev–Trinajstić information content (AvgIpc) is 2.63. The Kier molecular flexibility index (Phi) is 3.39. The van der Waals surface area contributed by atoms with Crippen LogP contribution in [0.3, 0.4) is 0 Å². The first kappa shape index (κ1) is 12.6. The summed E-state index contributed by atoms with van der Waals surface area (Å²) in [5.74, 6) is -0.361. The van der Waals surface area contributed by atoms with Gasteiger partial charge in [-0.15, -0.1) is 0 Å². The van der Waals surface area contributed by atoms with E-state index in [-0.39, 0.29) is 0 Å². The van der Waals surface area contributed by atoms with Crippen LogP contribution in [0.15, 0.2) is 18.2 Å². The maximum Gasteiger partial charge on any atom is 0.328 e. The van der Waals surface area contributed by atoms with E-state index in [2.05, 4.69) is 4.98 Å². The highest BCUT2D eigenvalue weighted by atomic mass is 35.5. The van der Waals surface area contributed by atoms with Crippen LogP contribution in [0.4, 0.5) is 0 Å². The predicted molar refractivity (Wildman–Crippen MR) is 71.8 cm³/mol. The third-order valence-corrected chi connectivity index (χ3v) is 2.94. The zero-order chi connectivity index (χ0) is 13.3.